The van der Waals surface area contributed by atoms with Crippen molar-refractivity contribution in [2.75, 3.05) is 18.1 Å². The molecule has 0 spiro atoms. The van der Waals surface area contributed by atoms with Gasteiger partial charge in [-0.15, -0.1) is 0 Å². The van der Waals surface area contributed by atoms with Crippen molar-refractivity contribution < 1.29 is 22.7 Å². The van der Waals surface area contributed by atoms with Gasteiger partial charge in [-0.1, -0.05) is 18.2 Å². The third-order valence-electron chi connectivity index (χ3n) is 5.11. The quantitative estimate of drug-likeness (QED) is 0.701. The highest BCUT2D eigenvalue weighted by atomic mass is 32.2. The van der Waals surface area contributed by atoms with Crippen molar-refractivity contribution in [2.45, 2.75) is 51.6 Å². The fourth-order valence-corrected chi connectivity index (χ4v) is 5.11. The number of sulfone groups is 1. The van der Waals surface area contributed by atoms with Crippen molar-refractivity contribution in [3.63, 3.8) is 0 Å². The molecule has 1 aromatic rings. The summed E-state index contributed by atoms with van der Waals surface area (Å²) in [6.45, 7) is 3.67. The van der Waals surface area contributed by atoms with Crippen LogP contribution in [-0.2, 0) is 30.6 Å². The molecule has 0 aromatic heterocycles. The van der Waals surface area contributed by atoms with Gasteiger partial charge < -0.3 is 9.64 Å². The number of rotatable bonds is 6. The Hall–Kier alpha value is -1.89. The van der Waals surface area contributed by atoms with Crippen molar-refractivity contribution in [2.24, 2.45) is 0 Å². The summed E-state index contributed by atoms with van der Waals surface area (Å²) in [6.07, 6.45) is 2.37. The molecule has 1 amide bonds. The van der Waals surface area contributed by atoms with Crippen molar-refractivity contribution in [3.8, 4) is 0 Å². The SMILES string of the molecule is Cc1ccc(CC(=O)OCC(=O)N(C2CC2)[C@H]2CCS(=O)(=O)C2)cc1C. The molecule has 6 nitrogen and oxygen atoms in total. The summed E-state index contributed by atoms with van der Waals surface area (Å²) < 4.78 is 28.6. The maximum absolute atomic E-state index is 12.5. The number of hydrogen-bond donors (Lipinski definition) is 0. The van der Waals surface area contributed by atoms with Crippen molar-refractivity contribution in [1.29, 1.82) is 0 Å². The van der Waals surface area contributed by atoms with Crippen LogP contribution in [0.3, 0.4) is 0 Å². The Labute approximate surface area is 154 Å². The van der Waals surface area contributed by atoms with E-state index in [2.05, 4.69) is 0 Å². The number of carbonyl (C=O) groups excluding carboxylic acids is 2. The van der Waals surface area contributed by atoms with Crippen LogP contribution in [0.1, 0.15) is 36.0 Å². The minimum Gasteiger partial charge on any atom is -0.455 e. The highest BCUT2D eigenvalue weighted by Gasteiger charge is 2.42. The maximum atomic E-state index is 12.5. The van der Waals surface area contributed by atoms with E-state index in [0.717, 1.165) is 29.5 Å². The Kier molecular flexibility index (Phi) is 5.37. The molecule has 1 heterocycles. The largest absolute Gasteiger partial charge is 0.455 e. The second kappa shape index (κ2) is 7.39. The topological polar surface area (TPSA) is 80.8 Å². The normalized spacial score (nSPS) is 21.4. The molecule has 1 saturated heterocycles. The van der Waals surface area contributed by atoms with Gasteiger partial charge in [-0.25, -0.2) is 8.42 Å². The van der Waals surface area contributed by atoms with Crippen LogP contribution in [0, 0.1) is 13.8 Å². The molecule has 1 aliphatic carbocycles. The van der Waals surface area contributed by atoms with E-state index in [1.165, 1.54) is 0 Å². The van der Waals surface area contributed by atoms with Gasteiger partial charge in [0.25, 0.3) is 5.91 Å². The molecule has 142 valence electrons. The molecule has 1 atom stereocenters. The standard InChI is InChI=1S/C19H25NO5S/c1-13-3-4-15(9-14(13)2)10-19(22)25-11-18(21)20(16-5-6-16)17-7-8-26(23,24)12-17/h3-4,9,16-17H,5-8,10-12H2,1-2H3/t17-/m0/s1. The summed E-state index contributed by atoms with van der Waals surface area (Å²) in [7, 11) is -3.06. The molecular weight excluding hydrogens is 354 g/mol. The molecule has 0 bridgehead atoms. The lowest BCUT2D eigenvalue weighted by Crippen LogP contribution is -2.44. The van der Waals surface area contributed by atoms with E-state index < -0.39 is 15.8 Å². The first-order chi connectivity index (χ1) is 12.2. The predicted molar refractivity (Wildman–Crippen MR) is 97.5 cm³/mol. The molecule has 2 aliphatic rings. The number of carbonyl (C=O) groups is 2. The average molecular weight is 379 g/mol. The Morgan fingerprint density at radius 2 is 1.85 bits per heavy atom. The van der Waals surface area contributed by atoms with E-state index in [1.807, 2.05) is 32.0 Å². The molecule has 2 fully saturated rings. The van der Waals surface area contributed by atoms with Crippen LogP contribution in [0.2, 0.25) is 0 Å². The second-order valence-electron chi connectivity index (χ2n) is 7.35. The van der Waals surface area contributed by atoms with Crippen LogP contribution in [0.15, 0.2) is 18.2 Å². The fraction of sp³-hybridized carbons (Fsp3) is 0.579. The van der Waals surface area contributed by atoms with Crippen LogP contribution < -0.4 is 0 Å². The Morgan fingerprint density at radius 1 is 1.12 bits per heavy atom. The Balaban J connectivity index is 1.54. The summed E-state index contributed by atoms with van der Waals surface area (Å²) in [5.41, 5.74) is 3.11. The monoisotopic (exact) mass is 379 g/mol. The summed E-state index contributed by atoms with van der Waals surface area (Å²) in [4.78, 5) is 26.2. The minimum absolute atomic E-state index is 0.0197. The van der Waals surface area contributed by atoms with E-state index in [1.54, 1.807) is 4.90 Å². The van der Waals surface area contributed by atoms with Gasteiger partial charge in [0.2, 0.25) is 0 Å². The smallest absolute Gasteiger partial charge is 0.310 e. The zero-order valence-corrected chi connectivity index (χ0v) is 16.0. The zero-order valence-electron chi connectivity index (χ0n) is 15.2. The molecule has 1 aromatic carbocycles. The molecule has 1 aliphatic heterocycles. The molecule has 1 saturated carbocycles. The van der Waals surface area contributed by atoms with Crippen LogP contribution in [-0.4, -0.2) is 55.4 Å². The van der Waals surface area contributed by atoms with E-state index in [4.69, 9.17) is 4.74 Å². The highest BCUT2D eigenvalue weighted by molar-refractivity contribution is 7.91. The number of benzene rings is 1. The van der Waals surface area contributed by atoms with Gasteiger partial charge in [0.1, 0.15) is 0 Å². The van der Waals surface area contributed by atoms with Crippen LogP contribution in [0.25, 0.3) is 0 Å². The first-order valence-electron chi connectivity index (χ1n) is 8.98. The van der Waals surface area contributed by atoms with E-state index >= 15 is 0 Å². The number of nitrogens with zero attached hydrogens (tertiary/aromatic N) is 1. The molecule has 7 heteroatoms. The van der Waals surface area contributed by atoms with Crippen LogP contribution in [0.4, 0.5) is 0 Å². The lowest BCUT2D eigenvalue weighted by Gasteiger charge is -2.28. The number of ether oxygens (including phenoxy) is 1. The van der Waals surface area contributed by atoms with Crippen LogP contribution in [0.5, 0.6) is 0 Å². The highest BCUT2D eigenvalue weighted by Crippen LogP contribution is 2.32. The third kappa shape index (κ3) is 4.63. The van der Waals surface area contributed by atoms with E-state index in [0.29, 0.717) is 6.42 Å². The number of hydrogen-bond acceptors (Lipinski definition) is 5. The number of esters is 1. The lowest BCUT2D eigenvalue weighted by atomic mass is 10.0. The van der Waals surface area contributed by atoms with Gasteiger partial charge in [-0.3, -0.25) is 9.59 Å². The lowest BCUT2D eigenvalue weighted by molar-refractivity contribution is -0.152. The van der Waals surface area contributed by atoms with Gasteiger partial charge in [0, 0.05) is 12.1 Å². The second-order valence-corrected chi connectivity index (χ2v) is 9.57. The number of aryl methyl sites for hydroxylation is 2. The number of amides is 1. The zero-order chi connectivity index (χ0) is 18.9. The van der Waals surface area contributed by atoms with Crippen molar-refractivity contribution >= 4 is 21.7 Å². The maximum Gasteiger partial charge on any atom is 0.310 e. The minimum atomic E-state index is -3.06. The first kappa shape index (κ1) is 18.9. The van der Waals surface area contributed by atoms with Crippen LogP contribution >= 0.6 is 0 Å². The summed E-state index contributed by atoms with van der Waals surface area (Å²) in [6, 6.07) is 5.60. The van der Waals surface area contributed by atoms with Gasteiger partial charge in [0.05, 0.1) is 17.9 Å². The molecule has 0 unspecified atom stereocenters. The van der Waals surface area contributed by atoms with E-state index in [9.17, 15) is 18.0 Å². The predicted octanol–water partition coefficient (Wildman–Crippen LogP) is 1.57. The van der Waals surface area contributed by atoms with E-state index in [-0.39, 0.29) is 42.5 Å². The summed E-state index contributed by atoms with van der Waals surface area (Å²) in [5.74, 6) is -0.591. The Bertz CT molecular complexity index is 813. The van der Waals surface area contributed by atoms with Gasteiger partial charge in [-0.05, 0) is 49.8 Å². The summed E-state index contributed by atoms with van der Waals surface area (Å²) >= 11 is 0. The van der Waals surface area contributed by atoms with Crippen molar-refractivity contribution in [1.82, 2.24) is 4.90 Å². The third-order valence-corrected chi connectivity index (χ3v) is 6.86. The van der Waals surface area contributed by atoms with Crippen molar-refractivity contribution in [3.05, 3.63) is 34.9 Å². The molecular formula is C19H25NO5S. The van der Waals surface area contributed by atoms with Gasteiger partial charge in [-0.2, -0.15) is 0 Å². The molecule has 0 N–H and O–H groups in total. The molecule has 0 radical (unpaired) electrons. The summed E-state index contributed by atoms with van der Waals surface area (Å²) in [5, 5.41) is 0. The first-order valence-corrected chi connectivity index (χ1v) is 10.8. The average Bonchev–Trinajstić information content (AvgIpc) is 3.32. The fourth-order valence-electron chi connectivity index (χ4n) is 3.40. The van der Waals surface area contributed by atoms with Gasteiger partial charge in [0.15, 0.2) is 16.4 Å². The molecule has 3 rings (SSSR count). The Morgan fingerprint density at radius 3 is 2.42 bits per heavy atom. The van der Waals surface area contributed by atoms with Gasteiger partial charge >= 0.3 is 5.97 Å². The molecule has 26 heavy (non-hydrogen) atoms.